The summed E-state index contributed by atoms with van der Waals surface area (Å²) in [5.74, 6) is 2.59. The summed E-state index contributed by atoms with van der Waals surface area (Å²) in [5, 5.41) is 4.02. The molecule has 1 unspecified atom stereocenters. The third kappa shape index (κ3) is 5.25. The zero-order valence-corrected chi connectivity index (χ0v) is 16.3. The average molecular weight is 372 g/mol. The first-order valence-electron chi connectivity index (χ1n) is 9.57. The third-order valence-corrected chi connectivity index (χ3v) is 4.72. The molecule has 0 radical (unpaired) electrons. The molecular weight excluding hydrogens is 344 g/mol. The maximum absolute atomic E-state index is 12.7. The minimum atomic E-state index is -0.0800. The Bertz CT molecular complexity index is 756. The SMILES string of the molecule is COc1cccc(OCC2CCCN(C(=O)c3cc(CC(C)C)no3)C2)c1. The molecule has 2 aromatic rings. The van der Waals surface area contributed by atoms with Gasteiger partial charge in [0.2, 0.25) is 5.76 Å². The second-order valence-electron chi connectivity index (χ2n) is 7.53. The van der Waals surface area contributed by atoms with Crippen LogP contribution in [0.1, 0.15) is 42.9 Å². The molecule has 1 aromatic carbocycles. The zero-order chi connectivity index (χ0) is 19.2. The highest BCUT2D eigenvalue weighted by Gasteiger charge is 2.27. The smallest absolute Gasteiger partial charge is 0.292 e. The molecular formula is C21H28N2O4. The van der Waals surface area contributed by atoms with E-state index in [0.29, 0.717) is 30.7 Å². The van der Waals surface area contributed by atoms with Gasteiger partial charge < -0.3 is 18.9 Å². The average Bonchev–Trinajstić information content (AvgIpc) is 3.14. The molecule has 0 bridgehead atoms. The predicted molar refractivity (Wildman–Crippen MR) is 102 cm³/mol. The van der Waals surface area contributed by atoms with Gasteiger partial charge >= 0.3 is 0 Å². The van der Waals surface area contributed by atoms with E-state index in [1.807, 2.05) is 29.2 Å². The number of carbonyl (C=O) groups excluding carboxylic acids is 1. The summed E-state index contributed by atoms with van der Waals surface area (Å²) in [6.45, 7) is 6.23. The number of hydrogen-bond acceptors (Lipinski definition) is 5. The van der Waals surface area contributed by atoms with Crippen molar-refractivity contribution in [1.29, 1.82) is 0 Å². The number of ether oxygens (including phenoxy) is 2. The topological polar surface area (TPSA) is 64.8 Å². The third-order valence-electron chi connectivity index (χ3n) is 4.72. The summed E-state index contributed by atoms with van der Waals surface area (Å²) in [7, 11) is 1.64. The number of amides is 1. The van der Waals surface area contributed by atoms with Crippen LogP contribution in [0.15, 0.2) is 34.9 Å². The van der Waals surface area contributed by atoms with Gasteiger partial charge in [0.1, 0.15) is 11.5 Å². The lowest BCUT2D eigenvalue weighted by Gasteiger charge is -2.32. The van der Waals surface area contributed by atoms with Crippen LogP contribution >= 0.6 is 0 Å². The largest absolute Gasteiger partial charge is 0.497 e. The molecule has 1 fully saturated rings. The zero-order valence-electron chi connectivity index (χ0n) is 16.3. The Balaban J connectivity index is 1.55. The predicted octanol–water partition coefficient (Wildman–Crippen LogP) is 3.81. The van der Waals surface area contributed by atoms with Gasteiger partial charge in [-0.05, 0) is 37.3 Å². The van der Waals surface area contributed by atoms with Gasteiger partial charge in [0.05, 0.1) is 19.4 Å². The Labute approximate surface area is 160 Å². The van der Waals surface area contributed by atoms with Crippen molar-refractivity contribution in [3.05, 3.63) is 41.8 Å². The van der Waals surface area contributed by atoms with Crippen molar-refractivity contribution in [2.24, 2.45) is 11.8 Å². The molecule has 1 aliphatic rings. The number of likely N-dealkylation sites (tertiary alicyclic amines) is 1. The summed E-state index contributed by atoms with van der Waals surface area (Å²) in [4.78, 5) is 14.6. The molecule has 1 saturated heterocycles. The fraction of sp³-hybridized carbons (Fsp3) is 0.524. The molecule has 27 heavy (non-hydrogen) atoms. The van der Waals surface area contributed by atoms with E-state index in [-0.39, 0.29) is 5.91 Å². The number of nitrogens with zero attached hydrogens (tertiary/aromatic N) is 2. The summed E-state index contributed by atoms with van der Waals surface area (Å²) < 4.78 is 16.4. The van der Waals surface area contributed by atoms with Crippen molar-refractivity contribution in [1.82, 2.24) is 10.1 Å². The maximum atomic E-state index is 12.7. The first kappa shape index (κ1) is 19.3. The molecule has 3 rings (SSSR count). The fourth-order valence-electron chi connectivity index (χ4n) is 3.37. The standard InChI is InChI=1S/C21H28N2O4/c1-15(2)10-17-11-20(27-22-17)21(24)23-9-5-6-16(13-23)14-26-19-8-4-7-18(12-19)25-3/h4,7-8,11-12,15-16H,5-6,9-10,13-14H2,1-3H3. The Morgan fingerprint density at radius 3 is 2.93 bits per heavy atom. The quantitative estimate of drug-likeness (QED) is 0.739. The summed E-state index contributed by atoms with van der Waals surface area (Å²) in [6, 6.07) is 9.36. The molecule has 2 heterocycles. The number of hydrogen-bond donors (Lipinski definition) is 0. The summed E-state index contributed by atoms with van der Waals surface area (Å²) >= 11 is 0. The van der Waals surface area contributed by atoms with E-state index in [2.05, 4.69) is 19.0 Å². The highest BCUT2D eigenvalue weighted by atomic mass is 16.5. The van der Waals surface area contributed by atoms with E-state index in [0.717, 1.165) is 43.0 Å². The summed E-state index contributed by atoms with van der Waals surface area (Å²) in [5.41, 5.74) is 0.836. The number of carbonyl (C=O) groups is 1. The van der Waals surface area contributed by atoms with E-state index in [4.69, 9.17) is 14.0 Å². The molecule has 6 nitrogen and oxygen atoms in total. The van der Waals surface area contributed by atoms with Crippen molar-refractivity contribution < 1.29 is 18.8 Å². The van der Waals surface area contributed by atoms with Crippen LogP contribution in [-0.2, 0) is 6.42 Å². The van der Waals surface area contributed by atoms with Gasteiger partial charge in [-0.25, -0.2) is 0 Å². The number of methoxy groups -OCH3 is 1. The van der Waals surface area contributed by atoms with Crippen LogP contribution < -0.4 is 9.47 Å². The van der Waals surface area contributed by atoms with Gasteiger partial charge in [-0.2, -0.15) is 0 Å². The normalized spacial score (nSPS) is 17.2. The van der Waals surface area contributed by atoms with Gasteiger partial charge in [-0.15, -0.1) is 0 Å². The van der Waals surface area contributed by atoms with Crippen molar-refractivity contribution in [2.75, 3.05) is 26.8 Å². The molecule has 1 aromatic heterocycles. The van der Waals surface area contributed by atoms with Crippen LogP contribution in [0.25, 0.3) is 0 Å². The lowest BCUT2D eigenvalue weighted by Crippen LogP contribution is -2.41. The number of benzene rings is 1. The van der Waals surface area contributed by atoms with Crippen LogP contribution in [-0.4, -0.2) is 42.8 Å². The van der Waals surface area contributed by atoms with E-state index < -0.39 is 0 Å². The van der Waals surface area contributed by atoms with Crippen molar-refractivity contribution >= 4 is 5.91 Å². The molecule has 6 heteroatoms. The van der Waals surface area contributed by atoms with Gasteiger partial charge in [0.25, 0.3) is 5.91 Å². The minimum Gasteiger partial charge on any atom is -0.497 e. The first-order chi connectivity index (χ1) is 13.0. The summed E-state index contributed by atoms with van der Waals surface area (Å²) in [6.07, 6.45) is 2.82. The second-order valence-corrected chi connectivity index (χ2v) is 7.53. The van der Waals surface area contributed by atoms with E-state index in [9.17, 15) is 4.79 Å². The van der Waals surface area contributed by atoms with Crippen LogP contribution in [0.3, 0.4) is 0 Å². The maximum Gasteiger partial charge on any atom is 0.292 e. The Hall–Kier alpha value is -2.50. The molecule has 1 aliphatic heterocycles. The highest BCUT2D eigenvalue weighted by molar-refractivity contribution is 5.91. The van der Waals surface area contributed by atoms with E-state index in [1.165, 1.54) is 0 Å². The van der Waals surface area contributed by atoms with Crippen molar-refractivity contribution in [2.45, 2.75) is 33.1 Å². The molecule has 0 N–H and O–H groups in total. The van der Waals surface area contributed by atoms with E-state index in [1.54, 1.807) is 13.2 Å². The van der Waals surface area contributed by atoms with Gasteiger partial charge in [0, 0.05) is 31.1 Å². The first-order valence-corrected chi connectivity index (χ1v) is 9.57. The Morgan fingerprint density at radius 2 is 2.15 bits per heavy atom. The van der Waals surface area contributed by atoms with Gasteiger partial charge in [-0.1, -0.05) is 25.1 Å². The molecule has 0 spiro atoms. The molecule has 0 saturated carbocycles. The van der Waals surface area contributed by atoms with Gasteiger partial charge in [-0.3, -0.25) is 4.79 Å². The minimum absolute atomic E-state index is 0.0800. The molecule has 0 aliphatic carbocycles. The van der Waals surface area contributed by atoms with Crippen molar-refractivity contribution in [3.63, 3.8) is 0 Å². The fourth-order valence-corrected chi connectivity index (χ4v) is 3.37. The van der Waals surface area contributed by atoms with Crippen molar-refractivity contribution in [3.8, 4) is 11.5 Å². The van der Waals surface area contributed by atoms with E-state index >= 15 is 0 Å². The van der Waals surface area contributed by atoms with Crippen LogP contribution in [0.4, 0.5) is 0 Å². The van der Waals surface area contributed by atoms with Gasteiger partial charge in [0.15, 0.2) is 0 Å². The monoisotopic (exact) mass is 372 g/mol. The van der Waals surface area contributed by atoms with Crippen LogP contribution in [0, 0.1) is 11.8 Å². The number of rotatable bonds is 7. The highest BCUT2D eigenvalue weighted by Crippen LogP contribution is 2.23. The van der Waals surface area contributed by atoms with Crippen LogP contribution in [0.5, 0.6) is 11.5 Å². The Morgan fingerprint density at radius 1 is 1.33 bits per heavy atom. The Kier molecular flexibility index (Phi) is 6.37. The second kappa shape index (κ2) is 8.93. The number of aromatic nitrogens is 1. The lowest BCUT2D eigenvalue weighted by molar-refractivity contribution is 0.0593. The molecule has 146 valence electrons. The molecule has 1 atom stereocenters. The van der Waals surface area contributed by atoms with Crippen LogP contribution in [0.2, 0.25) is 0 Å². The number of piperidine rings is 1. The molecule has 1 amide bonds. The lowest BCUT2D eigenvalue weighted by atomic mass is 9.98.